The molecule has 1 unspecified atom stereocenters. The standard InChI is InChI=1S/C14H16BrFO3/c1-8(2)12(13(17)18)14(6-19-7-14)10-5-9(15)3-4-11(10)16/h3-5,8,12H,6-7H2,1-2H3,(H,17,18). The molecule has 0 saturated carbocycles. The minimum absolute atomic E-state index is 0.0974. The van der Waals surface area contributed by atoms with Crippen molar-refractivity contribution in [1.29, 1.82) is 0 Å². The van der Waals surface area contributed by atoms with Crippen LogP contribution >= 0.6 is 15.9 Å². The summed E-state index contributed by atoms with van der Waals surface area (Å²) in [6, 6.07) is 4.63. The summed E-state index contributed by atoms with van der Waals surface area (Å²) in [6.45, 7) is 4.18. The number of aliphatic carboxylic acids is 1. The van der Waals surface area contributed by atoms with Crippen molar-refractivity contribution < 1.29 is 19.0 Å². The van der Waals surface area contributed by atoms with Crippen LogP contribution < -0.4 is 0 Å². The lowest BCUT2D eigenvalue weighted by Crippen LogP contribution is -2.56. The summed E-state index contributed by atoms with van der Waals surface area (Å²) in [5.74, 6) is -2.04. The highest BCUT2D eigenvalue weighted by atomic mass is 79.9. The molecule has 2 rings (SSSR count). The Kier molecular flexibility index (Phi) is 3.97. The summed E-state index contributed by atoms with van der Waals surface area (Å²) in [7, 11) is 0. The van der Waals surface area contributed by atoms with E-state index in [-0.39, 0.29) is 24.9 Å². The maximum absolute atomic E-state index is 14.1. The Balaban J connectivity index is 2.53. The lowest BCUT2D eigenvalue weighted by Gasteiger charge is -2.47. The number of halogens is 2. The van der Waals surface area contributed by atoms with Crippen LogP contribution in [0.4, 0.5) is 4.39 Å². The molecule has 1 aliphatic rings. The van der Waals surface area contributed by atoms with Crippen molar-refractivity contribution in [2.75, 3.05) is 13.2 Å². The summed E-state index contributed by atoms with van der Waals surface area (Å²) in [5, 5.41) is 9.48. The molecule has 0 amide bonds. The lowest BCUT2D eigenvalue weighted by atomic mass is 9.64. The van der Waals surface area contributed by atoms with Crippen LogP contribution in [0.15, 0.2) is 22.7 Å². The number of ether oxygens (including phenoxy) is 1. The van der Waals surface area contributed by atoms with Crippen LogP contribution in [0.3, 0.4) is 0 Å². The Labute approximate surface area is 119 Å². The molecule has 1 atom stereocenters. The molecule has 0 aliphatic carbocycles. The van der Waals surface area contributed by atoms with E-state index in [0.29, 0.717) is 5.56 Å². The number of carboxylic acid groups (broad SMARTS) is 1. The van der Waals surface area contributed by atoms with Gasteiger partial charge < -0.3 is 9.84 Å². The minimum Gasteiger partial charge on any atom is -0.481 e. The predicted molar refractivity (Wildman–Crippen MR) is 72.6 cm³/mol. The maximum Gasteiger partial charge on any atom is 0.307 e. The maximum atomic E-state index is 14.1. The smallest absolute Gasteiger partial charge is 0.307 e. The third-order valence-corrected chi connectivity index (χ3v) is 4.21. The van der Waals surface area contributed by atoms with Crippen LogP contribution in [0.2, 0.25) is 0 Å². The third kappa shape index (κ3) is 2.41. The van der Waals surface area contributed by atoms with Crippen molar-refractivity contribution in [1.82, 2.24) is 0 Å². The average molecular weight is 331 g/mol. The molecule has 0 radical (unpaired) electrons. The Hall–Kier alpha value is -0.940. The van der Waals surface area contributed by atoms with Crippen LogP contribution in [0, 0.1) is 17.7 Å². The van der Waals surface area contributed by atoms with E-state index < -0.39 is 17.3 Å². The van der Waals surface area contributed by atoms with Gasteiger partial charge >= 0.3 is 5.97 Å². The van der Waals surface area contributed by atoms with Gasteiger partial charge in [-0.05, 0) is 24.1 Å². The Bertz CT molecular complexity index is 497. The van der Waals surface area contributed by atoms with E-state index in [4.69, 9.17) is 4.74 Å². The zero-order chi connectivity index (χ0) is 14.2. The Morgan fingerprint density at radius 1 is 1.47 bits per heavy atom. The molecule has 1 aromatic carbocycles. The molecule has 0 aromatic heterocycles. The summed E-state index contributed by atoms with van der Waals surface area (Å²) in [5.41, 5.74) is -0.345. The second-order valence-electron chi connectivity index (χ2n) is 5.33. The number of carboxylic acids is 1. The highest BCUT2D eigenvalue weighted by molar-refractivity contribution is 9.10. The first kappa shape index (κ1) is 14.5. The van der Waals surface area contributed by atoms with E-state index in [1.165, 1.54) is 6.07 Å². The van der Waals surface area contributed by atoms with E-state index in [9.17, 15) is 14.3 Å². The first-order valence-electron chi connectivity index (χ1n) is 6.14. The predicted octanol–water partition coefficient (Wildman–Crippen LogP) is 3.21. The number of hydrogen-bond donors (Lipinski definition) is 1. The topological polar surface area (TPSA) is 46.5 Å². The van der Waals surface area contributed by atoms with Gasteiger partial charge in [0.15, 0.2) is 0 Å². The second kappa shape index (κ2) is 5.21. The van der Waals surface area contributed by atoms with Gasteiger partial charge in [-0.2, -0.15) is 0 Å². The Morgan fingerprint density at radius 2 is 2.11 bits per heavy atom. The van der Waals surface area contributed by atoms with Crippen molar-refractivity contribution in [3.05, 3.63) is 34.1 Å². The molecule has 0 spiro atoms. The molecule has 1 aromatic rings. The first-order chi connectivity index (χ1) is 8.88. The second-order valence-corrected chi connectivity index (χ2v) is 6.25. The number of carbonyl (C=O) groups is 1. The van der Waals surface area contributed by atoms with Crippen molar-refractivity contribution >= 4 is 21.9 Å². The fourth-order valence-corrected chi connectivity index (χ4v) is 3.22. The Morgan fingerprint density at radius 3 is 2.53 bits per heavy atom. The van der Waals surface area contributed by atoms with Gasteiger partial charge in [0.1, 0.15) is 5.82 Å². The van der Waals surface area contributed by atoms with E-state index in [1.54, 1.807) is 12.1 Å². The molecule has 1 saturated heterocycles. The van der Waals surface area contributed by atoms with Crippen LogP contribution in [0.1, 0.15) is 19.4 Å². The molecule has 1 fully saturated rings. The van der Waals surface area contributed by atoms with Gasteiger partial charge in [-0.1, -0.05) is 29.8 Å². The molecule has 19 heavy (non-hydrogen) atoms. The average Bonchev–Trinajstić information content (AvgIpc) is 2.25. The summed E-state index contributed by atoms with van der Waals surface area (Å²) in [6.07, 6.45) is 0. The zero-order valence-electron chi connectivity index (χ0n) is 10.8. The lowest BCUT2D eigenvalue weighted by molar-refractivity contribution is -0.161. The molecule has 1 heterocycles. The van der Waals surface area contributed by atoms with E-state index >= 15 is 0 Å². The molecule has 1 aliphatic heterocycles. The highest BCUT2D eigenvalue weighted by Gasteiger charge is 2.53. The minimum atomic E-state index is -0.905. The van der Waals surface area contributed by atoms with Gasteiger partial charge in [0.2, 0.25) is 0 Å². The van der Waals surface area contributed by atoms with Gasteiger partial charge in [-0.3, -0.25) is 4.79 Å². The molecule has 3 nitrogen and oxygen atoms in total. The van der Waals surface area contributed by atoms with Gasteiger partial charge in [0.25, 0.3) is 0 Å². The van der Waals surface area contributed by atoms with Gasteiger partial charge in [0.05, 0.1) is 24.5 Å². The SMILES string of the molecule is CC(C)C(C(=O)O)C1(c2cc(Br)ccc2F)COC1. The summed E-state index contributed by atoms with van der Waals surface area (Å²) in [4.78, 5) is 11.6. The van der Waals surface area contributed by atoms with Gasteiger partial charge in [-0.25, -0.2) is 4.39 Å². The largest absolute Gasteiger partial charge is 0.481 e. The van der Waals surface area contributed by atoms with Crippen LogP contribution in [0.25, 0.3) is 0 Å². The van der Waals surface area contributed by atoms with Crippen LogP contribution in [-0.4, -0.2) is 24.3 Å². The number of hydrogen-bond acceptors (Lipinski definition) is 2. The molecule has 1 N–H and O–H groups in total. The molecular weight excluding hydrogens is 315 g/mol. The molecular formula is C14H16BrFO3. The van der Waals surface area contributed by atoms with E-state index in [1.807, 2.05) is 13.8 Å². The van der Waals surface area contributed by atoms with Crippen molar-refractivity contribution in [2.45, 2.75) is 19.3 Å². The van der Waals surface area contributed by atoms with Crippen LogP contribution in [0.5, 0.6) is 0 Å². The van der Waals surface area contributed by atoms with Crippen LogP contribution in [-0.2, 0) is 14.9 Å². The normalized spacial score (nSPS) is 19.0. The number of benzene rings is 1. The first-order valence-corrected chi connectivity index (χ1v) is 6.94. The molecule has 0 bridgehead atoms. The summed E-state index contributed by atoms with van der Waals surface area (Å²) >= 11 is 3.31. The quantitative estimate of drug-likeness (QED) is 0.922. The van der Waals surface area contributed by atoms with Crippen molar-refractivity contribution in [2.24, 2.45) is 11.8 Å². The van der Waals surface area contributed by atoms with Crippen molar-refractivity contribution in [3.8, 4) is 0 Å². The molecule has 5 heteroatoms. The molecule has 104 valence electrons. The summed E-state index contributed by atoms with van der Waals surface area (Å²) < 4.78 is 20.1. The number of rotatable bonds is 4. The highest BCUT2D eigenvalue weighted by Crippen LogP contribution is 2.44. The zero-order valence-corrected chi connectivity index (χ0v) is 12.4. The van der Waals surface area contributed by atoms with Crippen molar-refractivity contribution in [3.63, 3.8) is 0 Å². The fraction of sp³-hybridized carbons (Fsp3) is 0.500. The monoisotopic (exact) mass is 330 g/mol. The van der Waals surface area contributed by atoms with Gasteiger partial charge in [-0.15, -0.1) is 0 Å². The third-order valence-electron chi connectivity index (χ3n) is 3.71. The fourth-order valence-electron chi connectivity index (χ4n) is 2.86. The van der Waals surface area contributed by atoms with E-state index in [0.717, 1.165) is 4.47 Å². The van der Waals surface area contributed by atoms with E-state index in [2.05, 4.69) is 15.9 Å². The van der Waals surface area contributed by atoms with Gasteiger partial charge in [0, 0.05) is 10.0 Å².